The van der Waals surface area contributed by atoms with Crippen LogP contribution in [0.2, 0.25) is 5.15 Å². The summed E-state index contributed by atoms with van der Waals surface area (Å²) in [5.41, 5.74) is 0.961. The van der Waals surface area contributed by atoms with Crippen LogP contribution >= 0.6 is 21.0 Å². The zero-order valence-electron chi connectivity index (χ0n) is 12.1. The second-order valence-corrected chi connectivity index (χ2v) is 4.40. The summed E-state index contributed by atoms with van der Waals surface area (Å²) in [6, 6.07) is 5.06. The van der Waals surface area contributed by atoms with Crippen molar-refractivity contribution in [3.05, 3.63) is 41.3 Å². The van der Waals surface area contributed by atoms with Crippen LogP contribution < -0.4 is 9.82 Å². The summed E-state index contributed by atoms with van der Waals surface area (Å²) in [4.78, 5) is 8.09. The van der Waals surface area contributed by atoms with E-state index in [1.54, 1.807) is 31.3 Å². The molecular formula is C14H18ClN4OP. The van der Waals surface area contributed by atoms with Crippen molar-refractivity contribution in [1.82, 2.24) is 9.97 Å². The van der Waals surface area contributed by atoms with Crippen LogP contribution in [0.15, 0.2) is 30.6 Å². The van der Waals surface area contributed by atoms with Gasteiger partial charge < -0.3 is 15.2 Å². The fourth-order valence-corrected chi connectivity index (χ4v) is 1.88. The number of nitrogens with one attached hydrogen (secondary N) is 2. The third-order valence-corrected chi connectivity index (χ3v) is 2.85. The van der Waals surface area contributed by atoms with Crippen LogP contribution in [0.3, 0.4) is 0 Å². The molecule has 2 rings (SSSR count). The topological polar surface area (TPSA) is 70.9 Å². The van der Waals surface area contributed by atoms with Crippen LogP contribution in [0.5, 0.6) is 11.5 Å². The minimum atomic E-state index is 0.356. The zero-order valence-corrected chi connectivity index (χ0v) is 14.1. The maximum atomic E-state index is 7.81. The van der Waals surface area contributed by atoms with Crippen LogP contribution in [0.1, 0.15) is 26.3 Å². The third-order valence-electron chi connectivity index (χ3n) is 2.35. The maximum Gasteiger partial charge on any atom is 0.145 e. The molecule has 1 atom stereocenters. The normalized spacial score (nSPS) is 9.38. The van der Waals surface area contributed by atoms with E-state index in [0.717, 1.165) is 0 Å². The molecule has 0 aromatic carbocycles. The number of hydrogen-bond donors (Lipinski definition) is 2. The molecule has 0 amide bonds. The standard InChI is InChI=1S/C12H12ClN4OP.C2H6/c1-7(14)11-9(4-5-15-12(11)17-19)18-8-2-3-10(13)16-6-8;1-2/h2-6,14H,19H2,1H3,(H,15,17);1-2H3. The molecule has 0 fully saturated rings. The van der Waals surface area contributed by atoms with Crippen molar-refractivity contribution in [3.8, 4) is 11.5 Å². The molecule has 2 heterocycles. The fraction of sp³-hybridized carbons (Fsp3) is 0.214. The average molecular weight is 325 g/mol. The molecule has 0 aliphatic carbocycles. The van der Waals surface area contributed by atoms with Gasteiger partial charge in [-0.05, 0) is 34.5 Å². The monoisotopic (exact) mass is 324 g/mol. The van der Waals surface area contributed by atoms with Crippen molar-refractivity contribution in [1.29, 1.82) is 5.41 Å². The van der Waals surface area contributed by atoms with E-state index < -0.39 is 0 Å². The summed E-state index contributed by atoms with van der Waals surface area (Å²) in [6.45, 7) is 5.68. The van der Waals surface area contributed by atoms with Gasteiger partial charge in [-0.2, -0.15) is 0 Å². The number of halogens is 1. The van der Waals surface area contributed by atoms with Gasteiger partial charge in [-0.3, -0.25) is 0 Å². The second-order valence-electron chi connectivity index (χ2n) is 3.72. The Balaban J connectivity index is 0.00000106. The Morgan fingerprint density at radius 3 is 2.52 bits per heavy atom. The molecular weight excluding hydrogens is 307 g/mol. The molecule has 7 heteroatoms. The molecule has 5 nitrogen and oxygen atoms in total. The second kappa shape index (κ2) is 8.55. The van der Waals surface area contributed by atoms with Gasteiger partial charge in [0.15, 0.2) is 0 Å². The number of hydrogen-bond acceptors (Lipinski definition) is 5. The summed E-state index contributed by atoms with van der Waals surface area (Å²) in [6.07, 6.45) is 3.14. The molecule has 2 N–H and O–H groups in total. The summed E-state index contributed by atoms with van der Waals surface area (Å²) < 4.78 is 5.72. The lowest BCUT2D eigenvalue weighted by molar-refractivity contribution is 0.479. The van der Waals surface area contributed by atoms with E-state index in [9.17, 15) is 0 Å². The largest absolute Gasteiger partial charge is 0.455 e. The van der Waals surface area contributed by atoms with Gasteiger partial charge in [0.1, 0.15) is 22.5 Å². The fourth-order valence-electron chi connectivity index (χ4n) is 1.55. The summed E-state index contributed by atoms with van der Waals surface area (Å²) in [5.74, 6) is 1.65. The molecule has 0 saturated heterocycles. The quantitative estimate of drug-likeness (QED) is 0.492. The molecule has 2 aromatic heterocycles. The minimum Gasteiger partial charge on any atom is -0.455 e. The Bertz CT molecular complexity index is 604. The smallest absolute Gasteiger partial charge is 0.145 e. The van der Waals surface area contributed by atoms with Gasteiger partial charge in [0.25, 0.3) is 0 Å². The first-order valence-corrected chi connectivity index (χ1v) is 7.38. The SMILES string of the molecule is CC.CC(=N)c1c(Oc2ccc(Cl)nc2)ccnc1NP. The highest BCUT2D eigenvalue weighted by atomic mass is 35.5. The van der Waals surface area contributed by atoms with Crippen molar-refractivity contribution in [2.75, 3.05) is 5.09 Å². The number of pyridine rings is 2. The number of anilines is 1. The van der Waals surface area contributed by atoms with E-state index in [1.165, 1.54) is 6.20 Å². The third kappa shape index (κ3) is 4.66. The molecule has 0 radical (unpaired) electrons. The zero-order chi connectivity index (χ0) is 15.8. The lowest BCUT2D eigenvalue weighted by Gasteiger charge is -2.13. The van der Waals surface area contributed by atoms with Crippen LogP contribution in [0, 0.1) is 5.41 Å². The highest BCUT2D eigenvalue weighted by Gasteiger charge is 2.13. The van der Waals surface area contributed by atoms with Crippen molar-refractivity contribution in [2.45, 2.75) is 20.8 Å². The van der Waals surface area contributed by atoms with Gasteiger partial charge >= 0.3 is 0 Å². The molecule has 0 saturated carbocycles. The van der Waals surface area contributed by atoms with Gasteiger partial charge in [-0.25, -0.2) is 9.97 Å². The lowest BCUT2D eigenvalue weighted by Crippen LogP contribution is -2.02. The average Bonchev–Trinajstić information content (AvgIpc) is 2.51. The van der Waals surface area contributed by atoms with Crippen molar-refractivity contribution < 1.29 is 4.74 Å². The van der Waals surface area contributed by atoms with Gasteiger partial charge in [0.2, 0.25) is 0 Å². The highest BCUT2D eigenvalue weighted by molar-refractivity contribution is 7.18. The maximum absolute atomic E-state index is 7.81. The Morgan fingerprint density at radius 2 is 2.00 bits per heavy atom. The van der Waals surface area contributed by atoms with E-state index in [2.05, 4.69) is 24.4 Å². The Hall–Kier alpha value is -1.71. The first-order valence-electron chi connectivity index (χ1n) is 6.42. The van der Waals surface area contributed by atoms with Crippen LogP contribution in [-0.4, -0.2) is 15.7 Å². The predicted octanol–water partition coefficient (Wildman–Crippen LogP) is 4.54. The molecule has 0 spiro atoms. The molecule has 2 aromatic rings. The molecule has 1 unspecified atom stereocenters. The summed E-state index contributed by atoms with van der Waals surface area (Å²) in [7, 11) is 2.36. The van der Waals surface area contributed by atoms with Crippen molar-refractivity contribution in [3.63, 3.8) is 0 Å². The molecule has 0 bridgehead atoms. The van der Waals surface area contributed by atoms with Gasteiger partial charge in [-0.15, -0.1) is 0 Å². The number of ether oxygens (including phenoxy) is 1. The summed E-state index contributed by atoms with van der Waals surface area (Å²) >= 11 is 5.72. The first kappa shape index (κ1) is 17.3. The molecule has 0 aliphatic rings. The minimum absolute atomic E-state index is 0.356. The van der Waals surface area contributed by atoms with E-state index in [1.807, 2.05) is 13.8 Å². The lowest BCUT2D eigenvalue weighted by atomic mass is 10.1. The van der Waals surface area contributed by atoms with E-state index in [-0.39, 0.29) is 0 Å². The number of aromatic nitrogens is 2. The van der Waals surface area contributed by atoms with Crippen LogP contribution in [-0.2, 0) is 0 Å². The van der Waals surface area contributed by atoms with Crippen molar-refractivity contribution >= 4 is 32.5 Å². The Kier molecular flexibility index (Phi) is 7.06. The number of nitrogens with zero attached hydrogens (tertiary/aromatic N) is 2. The summed E-state index contributed by atoms with van der Waals surface area (Å²) in [5, 5.41) is 11.1. The van der Waals surface area contributed by atoms with Gasteiger partial charge in [-0.1, -0.05) is 25.4 Å². The number of rotatable bonds is 4. The van der Waals surface area contributed by atoms with E-state index >= 15 is 0 Å². The van der Waals surface area contributed by atoms with Crippen LogP contribution in [0.4, 0.5) is 5.82 Å². The van der Waals surface area contributed by atoms with Crippen LogP contribution in [0.25, 0.3) is 0 Å². The molecule has 112 valence electrons. The Labute approximate surface area is 131 Å². The first-order chi connectivity index (χ1) is 10.1. The molecule has 21 heavy (non-hydrogen) atoms. The molecule has 0 aliphatic heterocycles. The van der Waals surface area contributed by atoms with Gasteiger partial charge in [0, 0.05) is 11.9 Å². The van der Waals surface area contributed by atoms with E-state index in [4.69, 9.17) is 21.7 Å². The predicted molar refractivity (Wildman–Crippen MR) is 90.7 cm³/mol. The highest BCUT2D eigenvalue weighted by Crippen LogP contribution is 2.30. The van der Waals surface area contributed by atoms with E-state index in [0.29, 0.717) is 33.7 Å². The van der Waals surface area contributed by atoms with Gasteiger partial charge in [0.05, 0.1) is 11.8 Å². The Morgan fingerprint density at radius 1 is 1.29 bits per heavy atom. The van der Waals surface area contributed by atoms with Crippen molar-refractivity contribution in [2.24, 2.45) is 0 Å².